The lowest BCUT2D eigenvalue weighted by molar-refractivity contribution is 0.305. The smallest absolute Gasteiger partial charge is 0.117 e. The van der Waals surface area contributed by atoms with Crippen LogP contribution in [0, 0.1) is 5.92 Å². The molecule has 0 aliphatic heterocycles. The molecule has 0 bridgehead atoms. The number of nitrogens with zero attached hydrogens (tertiary/aromatic N) is 4. The Hall–Kier alpha value is -3.54. The maximum absolute atomic E-state index is 9.76. The number of rotatable bonds is 6. The summed E-state index contributed by atoms with van der Waals surface area (Å²) in [5, 5.41) is 21.4. The van der Waals surface area contributed by atoms with Gasteiger partial charge in [0, 0.05) is 68.6 Å². The average molecular weight is 456 g/mol. The van der Waals surface area contributed by atoms with Gasteiger partial charge in [-0.1, -0.05) is 48.0 Å². The number of nitrogens with one attached hydrogen (secondary N) is 1. The first-order valence-corrected chi connectivity index (χ1v) is 12.0. The van der Waals surface area contributed by atoms with Gasteiger partial charge in [-0.2, -0.15) is 5.10 Å². The molecule has 1 saturated carbocycles. The molecule has 1 fully saturated rings. The highest BCUT2D eigenvalue weighted by molar-refractivity contribution is 6.04. The van der Waals surface area contributed by atoms with Gasteiger partial charge in [-0.25, -0.2) is 0 Å². The van der Waals surface area contributed by atoms with Gasteiger partial charge in [0.15, 0.2) is 0 Å². The van der Waals surface area contributed by atoms with Crippen LogP contribution in [0.2, 0.25) is 0 Å². The third-order valence-corrected chi connectivity index (χ3v) is 7.47. The van der Waals surface area contributed by atoms with Crippen molar-refractivity contribution < 1.29 is 5.21 Å². The van der Waals surface area contributed by atoms with E-state index in [0.717, 1.165) is 36.2 Å². The van der Waals surface area contributed by atoms with Gasteiger partial charge in [-0.05, 0) is 48.2 Å². The van der Waals surface area contributed by atoms with Crippen LogP contribution in [0.3, 0.4) is 0 Å². The minimum absolute atomic E-state index is 0.297. The fourth-order valence-electron chi connectivity index (χ4n) is 5.15. The highest BCUT2D eigenvalue weighted by Crippen LogP contribution is 2.44. The average Bonchev–Trinajstić information content (AvgIpc) is 3.23. The zero-order valence-corrected chi connectivity index (χ0v) is 20.4. The van der Waals surface area contributed by atoms with Crippen LogP contribution in [0.5, 0.6) is 0 Å². The number of fused-ring (bicyclic) bond motifs is 1. The summed E-state index contributed by atoms with van der Waals surface area (Å²) < 4.78 is 0. The summed E-state index contributed by atoms with van der Waals surface area (Å²) in [5.41, 5.74) is 8.09. The van der Waals surface area contributed by atoms with Crippen LogP contribution in [-0.2, 0) is 11.8 Å². The van der Waals surface area contributed by atoms with Crippen molar-refractivity contribution in [3.05, 3.63) is 82.7 Å². The molecule has 0 atom stereocenters. The highest BCUT2D eigenvalue weighted by atomic mass is 16.4. The quantitative estimate of drug-likeness (QED) is 0.309. The van der Waals surface area contributed by atoms with Gasteiger partial charge in [0.05, 0.1) is 0 Å². The van der Waals surface area contributed by atoms with Crippen LogP contribution in [-0.4, -0.2) is 49.3 Å². The minimum Gasteiger partial charge on any atom is -0.411 e. The molecule has 0 spiro atoms. The lowest BCUT2D eigenvalue weighted by atomic mass is 9.68. The highest BCUT2D eigenvalue weighted by Gasteiger charge is 2.38. The zero-order chi connectivity index (χ0) is 23.9. The molecule has 176 valence electrons. The molecule has 2 N–H and O–H groups in total. The molecule has 6 nitrogen and oxygen atoms in total. The number of H-pyrrole nitrogens is 1. The summed E-state index contributed by atoms with van der Waals surface area (Å²) in [4.78, 5) is 4.28. The second-order valence-electron chi connectivity index (χ2n) is 9.95. The lowest BCUT2D eigenvalue weighted by Crippen LogP contribution is -2.31. The Morgan fingerprint density at radius 3 is 2.12 bits per heavy atom. The Balaban J connectivity index is 1.65. The normalized spacial score (nSPS) is 17.2. The van der Waals surface area contributed by atoms with E-state index in [1.54, 1.807) is 0 Å². The van der Waals surface area contributed by atoms with Crippen LogP contribution in [0.15, 0.2) is 59.8 Å². The number of aromatic nitrogens is 2. The first-order valence-electron chi connectivity index (χ1n) is 12.0. The van der Waals surface area contributed by atoms with Crippen molar-refractivity contribution in [2.45, 2.75) is 31.1 Å². The van der Waals surface area contributed by atoms with E-state index < -0.39 is 0 Å². The number of anilines is 2. The summed E-state index contributed by atoms with van der Waals surface area (Å²) in [6.45, 7) is 0. The van der Waals surface area contributed by atoms with Gasteiger partial charge >= 0.3 is 0 Å². The van der Waals surface area contributed by atoms with E-state index >= 15 is 0 Å². The monoisotopic (exact) mass is 455 g/mol. The van der Waals surface area contributed by atoms with E-state index in [0.29, 0.717) is 11.6 Å². The summed E-state index contributed by atoms with van der Waals surface area (Å²) in [6, 6.07) is 17.6. The predicted molar refractivity (Wildman–Crippen MR) is 139 cm³/mol. The van der Waals surface area contributed by atoms with Crippen molar-refractivity contribution in [2.24, 2.45) is 11.1 Å². The molecule has 2 aliphatic rings. The van der Waals surface area contributed by atoms with Gasteiger partial charge in [0.25, 0.3) is 0 Å². The Kier molecular flexibility index (Phi) is 5.68. The number of hydrogen-bond acceptors (Lipinski definition) is 5. The van der Waals surface area contributed by atoms with Crippen LogP contribution >= 0.6 is 0 Å². The molecule has 1 aromatic heterocycles. The maximum atomic E-state index is 9.76. The molecule has 34 heavy (non-hydrogen) atoms. The summed E-state index contributed by atoms with van der Waals surface area (Å²) in [7, 11) is 8.30. The number of benzene rings is 2. The fourth-order valence-corrected chi connectivity index (χ4v) is 5.15. The molecule has 0 unspecified atom stereocenters. The topological polar surface area (TPSA) is 67.8 Å². The third kappa shape index (κ3) is 3.67. The Bertz CT molecular complexity index is 1200. The molecule has 2 aliphatic carbocycles. The Labute approximate surface area is 201 Å². The minimum atomic E-state index is -0.345. The van der Waals surface area contributed by atoms with Crippen LogP contribution < -0.4 is 9.80 Å². The van der Waals surface area contributed by atoms with E-state index in [2.05, 4.69) is 114 Å². The second kappa shape index (κ2) is 8.67. The summed E-state index contributed by atoms with van der Waals surface area (Å²) >= 11 is 0. The molecule has 0 saturated heterocycles. The number of allylic oxidation sites excluding steroid dienone is 1. The fraction of sp³-hybridized carbons (Fsp3) is 0.357. The first-order chi connectivity index (χ1) is 16.4. The van der Waals surface area contributed by atoms with Crippen LogP contribution in [0.4, 0.5) is 11.4 Å². The van der Waals surface area contributed by atoms with Crippen molar-refractivity contribution in [3.63, 3.8) is 0 Å². The molecular formula is C28H33N5O. The van der Waals surface area contributed by atoms with Crippen molar-refractivity contribution >= 4 is 23.2 Å². The first kappa shape index (κ1) is 22.3. The van der Waals surface area contributed by atoms with E-state index in [-0.39, 0.29) is 5.41 Å². The van der Waals surface area contributed by atoms with Gasteiger partial charge in [-0.3, -0.25) is 5.10 Å². The number of hydrogen-bond donors (Lipinski definition) is 2. The van der Waals surface area contributed by atoms with E-state index in [4.69, 9.17) is 0 Å². The van der Waals surface area contributed by atoms with E-state index in [9.17, 15) is 5.21 Å². The lowest BCUT2D eigenvalue weighted by Gasteiger charge is -2.36. The zero-order valence-electron chi connectivity index (χ0n) is 20.4. The van der Waals surface area contributed by atoms with Crippen molar-refractivity contribution in [2.75, 3.05) is 38.0 Å². The molecule has 5 rings (SSSR count). The van der Waals surface area contributed by atoms with Crippen LogP contribution in [0.1, 0.15) is 47.3 Å². The van der Waals surface area contributed by atoms with Gasteiger partial charge < -0.3 is 15.0 Å². The summed E-state index contributed by atoms with van der Waals surface area (Å²) in [6.07, 6.45) is 8.54. The molecule has 3 aromatic rings. The molecule has 1 heterocycles. The molecule has 0 amide bonds. The largest absolute Gasteiger partial charge is 0.411 e. The molecule has 0 radical (unpaired) electrons. The van der Waals surface area contributed by atoms with E-state index in [1.165, 1.54) is 28.9 Å². The third-order valence-electron chi connectivity index (χ3n) is 7.47. The predicted octanol–water partition coefficient (Wildman–Crippen LogP) is 5.08. The second-order valence-corrected chi connectivity index (χ2v) is 9.95. The van der Waals surface area contributed by atoms with E-state index in [1.807, 2.05) is 0 Å². The Morgan fingerprint density at radius 2 is 1.62 bits per heavy atom. The molecular weight excluding hydrogens is 422 g/mol. The SMILES string of the molecule is CN(C)c1cccc(C2(c3cccc(N(C)C)c3)C=Cc3c(/C(=N/O)C4CCC4)n[nH]c3C2)c1. The van der Waals surface area contributed by atoms with Crippen molar-refractivity contribution in [1.82, 2.24) is 10.2 Å². The Morgan fingerprint density at radius 1 is 1.00 bits per heavy atom. The van der Waals surface area contributed by atoms with Gasteiger partial charge in [-0.15, -0.1) is 0 Å². The van der Waals surface area contributed by atoms with Gasteiger partial charge in [0.2, 0.25) is 0 Å². The number of oxime groups is 1. The van der Waals surface area contributed by atoms with Crippen molar-refractivity contribution in [1.29, 1.82) is 0 Å². The standard InChI is InChI=1S/C28H33N5O/c1-32(2)22-12-6-10-20(16-22)28(21-11-7-13-23(17-21)33(3)4)15-14-24-25(18-28)29-30-27(24)26(31-34)19-8-5-9-19/h6-7,10-17,19,34H,5,8-9,18H2,1-4H3,(H,29,30)/b31-26+. The number of aromatic amines is 1. The van der Waals surface area contributed by atoms with Crippen LogP contribution in [0.25, 0.3) is 6.08 Å². The van der Waals surface area contributed by atoms with Crippen molar-refractivity contribution in [3.8, 4) is 0 Å². The summed E-state index contributed by atoms with van der Waals surface area (Å²) in [5.74, 6) is 0.297. The molecule has 2 aromatic carbocycles. The maximum Gasteiger partial charge on any atom is 0.117 e. The van der Waals surface area contributed by atoms with Gasteiger partial charge in [0.1, 0.15) is 11.4 Å². The molecule has 6 heteroatoms.